The van der Waals surface area contributed by atoms with Gasteiger partial charge in [0.25, 0.3) is 0 Å². The molecule has 1 aromatic rings. The van der Waals surface area contributed by atoms with Crippen molar-refractivity contribution in [1.29, 1.82) is 5.26 Å². The summed E-state index contributed by atoms with van der Waals surface area (Å²) < 4.78 is 13.1. The molecule has 2 nitrogen and oxygen atoms in total. The molecule has 0 unspecified atom stereocenters. The van der Waals surface area contributed by atoms with Gasteiger partial charge in [-0.15, -0.1) is 0 Å². The van der Waals surface area contributed by atoms with Crippen LogP contribution in [0.3, 0.4) is 0 Å². The van der Waals surface area contributed by atoms with E-state index in [1.54, 1.807) is 6.07 Å². The molecule has 3 heteroatoms. The van der Waals surface area contributed by atoms with Crippen molar-refractivity contribution in [3.05, 3.63) is 35.1 Å². The van der Waals surface area contributed by atoms with Gasteiger partial charge in [0.2, 0.25) is 0 Å². The van der Waals surface area contributed by atoms with Crippen molar-refractivity contribution in [2.75, 3.05) is 7.05 Å². The Morgan fingerprint density at radius 3 is 2.80 bits per heavy atom. The summed E-state index contributed by atoms with van der Waals surface area (Å²) in [5, 5.41) is 8.71. The maximum atomic E-state index is 13.1. The lowest BCUT2D eigenvalue weighted by Crippen LogP contribution is -2.20. The van der Waals surface area contributed by atoms with E-state index < -0.39 is 0 Å². The first-order valence-corrected chi connectivity index (χ1v) is 5.09. The molecule has 78 valence electrons. The summed E-state index contributed by atoms with van der Waals surface area (Å²) in [4.78, 5) is 2.20. The zero-order valence-corrected chi connectivity index (χ0v) is 8.70. The lowest BCUT2D eigenvalue weighted by molar-refractivity contribution is 0.316. The van der Waals surface area contributed by atoms with Crippen molar-refractivity contribution in [3.8, 4) is 6.07 Å². The summed E-state index contributed by atoms with van der Waals surface area (Å²) in [6.45, 7) is 0.719. The van der Waals surface area contributed by atoms with Crippen LogP contribution in [0.2, 0.25) is 0 Å². The molecule has 1 saturated carbocycles. The zero-order chi connectivity index (χ0) is 10.8. The van der Waals surface area contributed by atoms with Crippen LogP contribution in [0.4, 0.5) is 4.39 Å². The molecule has 0 aliphatic heterocycles. The Morgan fingerprint density at radius 2 is 2.20 bits per heavy atom. The van der Waals surface area contributed by atoms with Crippen LogP contribution < -0.4 is 0 Å². The number of halogens is 1. The summed E-state index contributed by atoms with van der Waals surface area (Å²) in [6.07, 6.45) is 2.47. The van der Waals surface area contributed by atoms with Crippen LogP contribution in [0.25, 0.3) is 0 Å². The minimum atomic E-state index is -0.326. The second-order valence-corrected chi connectivity index (χ2v) is 4.11. The van der Waals surface area contributed by atoms with Gasteiger partial charge in [-0.3, -0.25) is 4.90 Å². The first-order valence-electron chi connectivity index (χ1n) is 5.09. The van der Waals surface area contributed by atoms with E-state index in [1.165, 1.54) is 25.0 Å². The van der Waals surface area contributed by atoms with E-state index >= 15 is 0 Å². The Balaban J connectivity index is 2.13. The van der Waals surface area contributed by atoms with Gasteiger partial charge in [-0.25, -0.2) is 4.39 Å². The quantitative estimate of drug-likeness (QED) is 0.755. The third-order valence-corrected chi connectivity index (χ3v) is 2.69. The van der Waals surface area contributed by atoms with Crippen molar-refractivity contribution in [3.63, 3.8) is 0 Å². The number of hydrogen-bond donors (Lipinski definition) is 0. The van der Waals surface area contributed by atoms with Crippen molar-refractivity contribution >= 4 is 0 Å². The van der Waals surface area contributed by atoms with E-state index in [4.69, 9.17) is 5.26 Å². The minimum Gasteiger partial charge on any atom is -0.299 e. The predicted molar refractivity (Wildman–Crippen MR) is 55.6 cm³/mol. The highest BCUT2D eigenvalue weighted by Crippen LogP contribution is 2.26. The topological polar surface area (TPSA) is 27.0 Å². The van der Waals surface area contributed by atoms with Crippen molar-refractivity contribution in [1.82, 2.24) is 4.90 Å². The fraction of sp³-hybridized carbons (Fsp3) is 0.417. The van der Waals surface area contributed by atoms with Crippen LogP contribution in [-0.4, -0.2) is 18.0 Å². The number of benzene rings is 1. The third-order valence-electron chi connectivity index (χ3n) is 2.69. The van der Waals surface area contributed by atoms with Crippen molar-refractivity contribution in [2.45, 2.75) is 25.4 Å². The first-order chi connectivity index (χ1) is 7.19. The van der Waals surface area contributed by atoms with E-state index in [0.29, 0.717) is 11.6 Å². The average Bonchev–Trinajstić information content (AvgIpc) is 2.99. The first kappa shape index (κ1) is 10.1. The lowest BCUT2D eigenvalue weighted by atomic mass is 10.1. The van der Waals surface area contributed by atoms with Gasteiger partial charge < -0.3 is 0 Å². The number of hydrogen-bond acceptors (Lipinski definition) is 2. The monoisotopic (exact) mass is 204 g/mol. The van der Waals surface area contributed by atoms with E-state index in [9.17, 15) is 4.39 Å². The molecule has 2 rings (SSSR count). The Hall–Kier alpha value is -1.40. The van der Waals surface area contributed by atoms with Crippen LogP contribution in [0.1, 0.15) is 24.0 Å². The minimum absolute atomic E-state index is 0.326. The van der Waals surface area contributed by atoms with Gasteiger partial charge in [-0.05, 0) is 43.7 Å². The molecule has 0 heterocycles. The van der Waals surface area contributed by atoms with Crippen LogP contribution >= 0.6 is 0 Å². The van der Waals surface area contributed by atoms with E-state index in [1.807, 2.05) is 13.1 Å². The van der Waals surface area contributed by atoms with E-state index in [0.717, 1.165) is 12.1 Å². The highest BCUT2D eigenvalue weighted by molar-refractivity contribution is 5.33. The Labute approximate surface area is 88.9 Å². The molecular formula is C12H13FN2. The molecule has 1 aliphatic carbocycles. The summed E-state index contributed by atoms with van der Waals surface area (Å²) >= 11 is 0. The van der Waals surface area contributed by atoms with Crippen LogP contribution in [0.15, 0.2) is 18.2 Å². The van der Waals surface area contributed by atoms with Crippen LogP contribution in [0.5, 0.6) is 0 Å². The van der Waals surface area contributed by atoms with E-state index in [2.05, 4.69) is 4.90 Å². The van der Waals surface area contributed by atoms with Crippen LogP contribution in [0, 0.1) is 17.1 Å². The Bertz CT molecular complexity index is 405. The smallest absolute Gasteiger partial charge is 0.124 e. The second-order valence-electron chi connectivity index (χ2n) is 4.11. The van der Waals surface area contributed by atoms with Gasteiger partial charge >= 0.3 is 0 Å². The Kier molecular flexibility index (Phi) is 2.70. The van der Waals surface area contributed by atoms with Gasteiger partial charge in [0, 0.05) is 12.6 Å². The van der Waals surface area contributed by atoms with Gasteiger partial charge in [0.15, 0.2) is 0 Å². The summed E-state index contributed by atoms with van der Waals surface area (Å²) in [7, 11) is 2.04. The molecule has 0 spiro atoms. The standard InChI is InChI=1S/C12H13FN2/c1-15(12-2-3-12)8-10-4-9(7-14)5-11(13)6-10/h4-6,12H,2-3,8H2,1H3. The fourth-order valence-corrected chi connectivity index (χ4v) is 1.74. The molecule has 1 aliphatic rings. The Morgan fingerprint density at radius 1 is 1.47 bits per heavy atom. The zero-order valence-electron chi connectivity index (χ0n) is 8.70. The second kappa shape index (κ2) is 4.00. The van der Waals surface area contributed by atoms with Gasteiger partial charge in [0.05, 0.1) is 11.6 Å². The number of nitrogens with zero attached hydrogens (tertiary/aromatic N) is 2. The molecule has 0 aromatic heterocycles. The highest BCUT2D eigenvalue weighted by atomic mass is 19.1. The number of nitriles is 1. The van der Waals surface area contributed by atoms with E-state index in [-0.39, 0.29) is 5.82 Å². The highest BCUT2D eigenvalue weighted by Gasteiger charge is 2.25. The molecule has 1 fully saturated rings. The van der Waals surface area contributed by atoms with Crippen molar-refractivity contribution < 1.29 is 4.39 Å². The fourth-order valence-electron chi connectivity index (χ4n) is 1.74. The molecular weight excluding hydrogens is 191 g/mol. The molecule has 0 bridgehead atoms. The molecule has 0 radical (unpaired) electrons. The molecule has 1 aromatic carbocycles. The normalized spacial score (nSPS) is 15.3. The SMILES string of the molecule is CN(Cc1cc(F)cc(C#N)c1)C1CC1. The van der Waals surface area contributed by atoms with Crippen molar-refractivity contribution in [2.24, 2.45) is 0 Å². The van der Waals surface area contributed by atoms with Crippen LogP contribution in [-0.2, 0) is 6.54 Å². The third kappa shape index (κ3) is 2.54. The average molecular weight is 204 g/mol. The number of rotatable bonds is 3. The van der Waals surface area contributed by atoms with Gasteiger partial charge in [0.1, 0.15) is 5.82 Å². The molecule has 0 amide bonds. The maximum Gasteiger partial charge on any atom is 0.124 e. The largest absolute Gasteiger partial charge is 0.299 e. The molecule has 0 saturated heterocycles. The maximum absolute atomic E-state index is 13.1. The van der Waals surface area contributed by atoms with Gasteiger partial charge in [-0.2, -0.15) is 5.26 Å². The molecule has 0 N–H and O–H groups in total. The summed E-state index contributed by atoms with van der Waals surface area (Å²) in [5.74, 6) is -0.326. The lowest BCUT2D eigenvalue weighted by Gasteiger charge is -2.15. The summed E-state index contributed by atoms with van der Waals surface area (Å²) in [6, 6.07) is 7.14. The molecule has 15 heavy (non-hydrogen) atoms. The van der Waals surface area contributed by atoms with Gasteiger partial charge in [-0.1, -0.05) is 0 Å². The predicted octanol–water partition coefficient (Wildman–Crippen LogP) is 2.29. The summed E-state index contributed by atoms with van der Waals surface area (Å²) in [5.41, 5.74) is 1.27. The molecule has 0 atom stereocenters.